The van der Waals surface area contributed by atoms with Crippen molar-refractivity contribution in [1.29, 1.82) is 0 Å². The number of fused-ring (bicyclic) bond motifs is 1. The number of hydrogen-bond donors (Lipinski definition) is 1. The zero-order valence-corrected chi connectivity index (χ0v) is 22.8. The molecule has 2 aromatic heterocycles. The number of thiophene rings is 1. The van der Waals surface area contributed by atoms with E-state index in [1.807, 2.05) is 18.2 Å². The van der Waals surface area contributed by atoms with Gasteiger partial charge in [-0.3, -0.25) is 19.1 Å². The van der Waals surface area contributed by atoms with E-state index < -0.39 is 15.6 Å². The third-order valence-corrected chi connectivity index (χ3v) is 9.56. The molecular formula is C25H33N5O5S2. The molecule has 3 heterocycles. The molecule has 1 fully saturated rings. The van der Waals surface area contributed by atoms with Crippen LogP contribution in [0.4, 0.5) is 0 Å². The summed E-state index contributed by atoms with van der Waals surface area (Å²) < 4.78 is 34.5. The number of carbonyl (C=O) groups is 1. The number of ether oxygens (including phenoxy) is 1. The largest absolute Gasteiger partial charge is 0.379 e. The van der Waals surface area contributed by atoms with E-state index in [1.165, 1.54) is 32.1 Å². The van der Waals surface area contributed by atoms with Crippen LogP contribution in [0, 0.1) is 6.92 Å². The van der Waals surface area contributed by atoms with Gasteiger partial charge in [-0.25, -0.2) is 13.4 Å². The topological polar surface area (TPSA) is 114 Å². The number of morpholine rings is 1. The Balaban J connectivity index is 1.40. The van der Waals surface area contributed by atoms with Gasteiger partial charge < -0.3 is 10.1 Å². The number of benzene rings is 1. The average Bonchev–Trinajstić information content (AvgIpc) is 3.26. The van der Waals surface area contributed by atoms with Gasteiger partial charge in [0, 0.05) is 37.6 Å². The molecular weight excluding hydrogens is 514 g/mol. The van der Waals surface area contributed by atoms with Gasteiger partial charge in [-0.15, -0.1) is 11.3 Å². The van der Waals surface area contributed by atoms with Crippen LogP contribution in [0.25, 0.3) is 10.2 Å². The summed E-state index contributed by atoms with van der Waals surface area (Å²) in [7, 11) is -3.89. The summed E-state index contributed by atoms with van der Waals surface area (Å²) in [5.74, 6) is -0.320. The Morgan fingerprint density at radius 1 is 1.22 bits per heavy atom. The predicted octanol–water partition coefficient (Wildman–Crippen LogP) is 1.82. The molecule has 0 radical (unpaired) electrons. The lowest BCUT2D eigenvalue weighted by Gasteiger charge is -2.26. The van der Waals surface area contributed by atoms with Gasteiger partial charge >= 0.3 is 0 Å². The molecule has 37 heavy (non-hydrogen) atoms. The van der Waals surface area contributed by atoms with Gasteiger partial charge in [0.15, 0.2) is 0 Å². The van der Waals surface area contributed by atoms with E-state index in [1.54, 1.807) is 6.92 Å². The summed E-state index contributed by atoms with van der Waals surface area (Å²) in [5.41, 5.74) is 0.714. The van der Waals surface area contributed by atoms with Crippen molar-refractivity contribution < 1.29 is 17.9 Å². The average molecular weight is 548 g/mol. The molecule has 0 spiro atoms. The quantitative estimate of drug-likeness (QED) is 0.364. The monoisotopic (exact) mass is 547 g/mol. The molecule has 0 bridgehead atoms. The zero-order chi connectivity index (χ0) is 26.4. The first-order valence-corrected chi connectivity index (χ1v) is 14.7. The highest BCUT2D eigenvalue weighted by atomic mass is 32.2. The highest BCUT2D eigenvalue weighted by molar-refractivity contribution is 7.89. The second-order valence-corrected chi connectivity index (χ2v) is 12.0. The Bertz CT molecular complexity index is 1380. The van der Waals surface area contributed by atoms with Crippen LogP contribution in [0.15, 0.2) is 46.3 Å². The predicted molar refractivity (Wildman–Crippen MR) is 143 cm³/mol. The summed E-state index contributed by atoms with van der Waals surface area (Å²) in [5, 5.41) is 2.91. The van der Waals surface area contributed by atoms with Gasteiger partial charge in [0.2, 0.25) is 15.9 Å². The van der Waals surface area contributed by atoms with Crippen LogP contribution in [0.2, 0.25) is 0 Å². The Kier molecular flexibility index (Phi) is 9.08. The van der Waals surface area contributed by atoms with Crippen molar-refractivity contribution in [3.05, 3.63) is 57.5 Å². The number of aromatic nitrogens is 2. The van der Waals surface area contributed by atoms with Crippen LogP contribution in [-0.2, 0) is 32.6 Å². The van der Waals surface area contributed by atoms with Gasteiger partial charge in [-0.1, -0.05) is 37.3 Å². The minimum atomic E-state index is -3.89. The molecule has 1 aromatic carbocycles. The van der Waals surface area contributed by atoms with Crippen molar-refractivity contribution in [2.75, 3.05) is 45.9 Å². The molecule has 200 valence electrons. The molecule has 4 rings (SSSR count). The molecule has 10 nitrogen and oxygen atoms in total. The minimum Gasteiger partial charge on any atom is -0.379 e. The fourth-order valence-corrected chi connectivity index (χ4v) is 7.46. The van der Waals surface area contributed by atoms with Crippen LogP contribution in [0.5, 0.6) is 0 Å². The number of sulfonamides is 1. The van der Waals surface area contributed by atoms with Crippen molar-refractivity contribution in [3.8, 4) is 0 Å². The first-order valence-electron chi connectivity index (χ1n) is 12.4. The first kappa shape index (κ1) is 27.4. The molecule has 0 saturated carbocycles. The van der Waals surface area contributed by atoms with Crippen molar-refractivity contribution in [3.63, 3.8) is 0 Å². The summed E-state index contributed by atoms with van der Waals surface area (Å²) in [4.78, 5) is 33.3. The maximum atomic E-state index is 13.4. The van der Waals surface area contributed by atoms with Crippen molar-refractivity contribution in [2.45, 2.75) is 38.3 Å². The maximum Gasteiger partial charge on any atom is 0.263 e. The fourth-order valence-electron chi connectivity index (χ4n) is 4.38. The van der Waals surface area contributed by atoms with Crippen molar-refractivity contribution in [2.24, 2.45) is 0 Å². The number of amides is 1. The van der Waals surface area contributed by atoms with Crippen LogP contribution in [0.3, 0.4) is 0 Å². The minimum absolute atomic E-state index is 0.0141. The third kappa shape index (κ3) is 6.44. The molecule has 1 aliphatic heterocycles. The summed E-state index contributed by atoms with van der Waals surface area (Å²) in [6.45, 7) is 7.70. The molecule has 1 N–H and O–H groups in total. The lowest BCUT2D eigenvalue weighted by molar-refractivity contribution is -0.121. The van der Waals surface area contributed by atoms with Crippen LogP contribution in [-0.4, -0.2) is 79.0 Å². The van der Waals surface area contributed by atoms with E-state index in [0.29, 0.717) is 29.5 Å². The van der Waals surface area contributed by atoms with Crippen molar-refractivity contribution >= 4 is 37.5 Å². The van der Waals surface area contributed by atoms with E-state index in [0.717, 1.165) is 26.1 Å². The van der Waals surface area contributed by atoms with E-state index in [2.05, 4.69) is 34.3 Å². The second kappa shape index (κ2) is 12.3. The fraction of sp³-hybridized carbons (Fsp3) is 0.480. The Morgan fingerprint density at radius 2 is 1.95 bits per heavy atom. The van der Waals surface area contributed by atoms with E-state index >= 15 is 0 Å². The molecule has 1 saturated heterocycles. The number of nitrogens with one attached hydrogen (secondary N) is 1. The lowest BCUT2D eigenvalue weighted by atomic mass is 10.2. The summed E-state index contributed by atoms with van der Waals surface area (Å²) in [6, 6.07) is 10.2. The number of hydrogen-bond acceptors (Lipinski definition) is 8. The van der Waals surface area contributed by atoms with E-state index in [9.17, 15) is 18.0 Å². The SMILES string of the molecule is CCN(CCCNC(=O)Cn1cnc2sc(C)c(S(=O)(=O)N3CCOCC3)c2c1=O)Cc1ccccc1. The van der Waals surface area contributed by atoms with E-state index in [4.69, 9.17) is 4.74 Å². The van der Waals surface area contributed by atoms with Crippen LogP contribution in [0.1, 0.15) is 23.8 Å². The smallest absolute Gasteiger partial charge is 0.263 e. The zero-order valence-electron chi connectivity index (χ0n) is 21.2. The molecule has 0 unspecified atom stereocenters. The molecule has 0 aliphatic carbocycles. The van der Waals surface area contributed by atoms with Gasteiger partial charge in [0.05, 0.1) is 24.9 Å². The Morgan fingerprint density at radius 3 is 2.65 bits per heavy atom. The van der Waals surface area contributed by atoms with Gasteiger partial charge in [-0.05, 0) is 25.5 Å². The lowest BCUT2D eigenvalue weighted by Crippen LogP contribution is -2.41. The summed E-state index contributed by atoms with van der Waals surface area (Å²) >= 11 is 1.17. The standard InChI is InChI=1S/C25H33N5O5S2/c1-3-28(16-20-8-5-4-6-9-20)11-7-10-26-21(31)17-29-18-27-24-22(25(29)32)23(19(2)36-24)37(33,34)30-12-14-35-15-13-30/h4-6,8-9,18H,3,7,10-17H2,1-2H3,(H,26,31). The normalized spacial score (nSPS) is 14.9. The molecule has 1 aliphatic rings. The second-order valence-electron chi connectivity index (χ2n) is 8.92. The Labute approximate surface area is 220 Å². The number of aryl methyl sites for hydroxylation is 1. The molecule has 12 heteroatoms. The van der Waals surface area contributed by atoms with Gasteiger partial charge in [0.25, 0.3) is 5.56 Å². The van der Waals surface area contributed by atoms with Gasteiger partial charge in [0.1, 0.15) is 16.3 Å². The van der Waals surface area contributed by atoms with E-state index in [-0.39, 0.29) is 35.8 Å². The summed E-state index contributed by atoms with van der Waals surface area (Å²) in [6.07, 6.45) is 2.08. The van der Waals surface area contributed by atoms with Crippen molar-refractivity contribution in [1.82, 2.24) is 24.1 Å². The first-order chi connectivity index (χ1) is 17.8. The third-order valence-electron chi connectivity index (χ3n) is 6.35. The van der Waals surface area contributed by atoms with Gasteiger partial charge in [-0.2, -0.15) is 4.31 Å². The highest BCUT2D eigenvalue weighted by Crippen LogP contribution is 2.33. The van der Waals surface area contributed by atoms with Crippen LogP contribution < -0.4 is 10.9 Å². The highest BCUT2D eigenvalue weighted by Gasteiger charge is 2.32. The number of nitrogens with zero attached hydrogens (tertiary/aromatic N) is 4. The Hall–Kier alpha value is -2.64. The van der Waals surface area contributed by atoms with Crippen LogP contribution >= 0.6 is 11.3 Å². The molecule has 1 amide bonds. The number of carbonyl (C=O) groups excluding carboxylic acids is 1. The molecule has 0 atom stereocenters. The number of rotatable bonds is 11. The molecule has 3 aromatic rings. The maximum absolute atomic E-state index is 13.4.